The van der Waals surface area contributed by atoms with Gasteiger partial charge in [-0.05, 0) is 67.9 Å². The minimum atomic E-state index is 0.161. The van der Waals surface area contributed by atoms with Crippen molar-refractivity contribution in [1.29, 1.82) is 0 Å². The summed E-state index contributed by atoms with van der Waals surface area (Å²) in [6.45, 7) is 5.94. The van der Waals surface area contributed by atoms with Gasteiger partial charge in [-0.3, -0.25) is 4.99 Å². The van der Waals surface area contributed by atoms with Gasteiger partial charge in [0, 0.05) is 44.6 Å². The van der Waals surface area contributed by atoms with Crippen LogP contribution in [0.2, 0.25) is 0 Å². The number of pyridine rings is 1. The fourth-order valence-corrected chi connectivity index (χ4v) is 3.76. The highest BCUT2D eigenvalue weighted by Gasteiger charge is 2.22. The largest absolute Gasteiger partial charge is 0.477 e. The number of aromatic nitrogens is 1. The highest BCUT2D eigenvalue weighted by Crippen LogP contribution is 2.29. The number of hydrogen-bond acceptors (Lipinski definition) is 4. The third kappa shape index (κ3) is 5.65. The zero-order chi connectivity index (χ0) is 20.8. The molecule has 160 valence electrons. The Morgan fingerprint density at radius 3 is 2.83 bits per heavy atom. The van der Waals surface area contributed by atoms with E-state index in [1.54, 1.807) is 7.05 Å². The van der Waals surface area contributed by atoms with Gasteiger partial charge in [-0.25, -0.2) is 4.98 Å². The first kappa shape index (κ1) is 20.5. The summed E-state index contributed by atoms with van der Waals surface area (Å²) in [4.78, 5) is 11.2. The molecule has 6 nitrogen and oxygen atoms in total. The maximum absolute atomic E-state index is 5.79. The third-order valence-corrected chi connectivity index (χ3v) is 5.84. The molecule has 0 radical (unpaired) electrons. The first-order valence-corrected chi connectivity index (χ1v) is 11.1. The van der Waals surface area contributed by atoms with Crippen molar-refractivity contribution in [2.75, 3.05) is 31.6 Å². The van der Waals surface area contributed by atoms with Crippen LogP contribution < -0.4 is 20.3 Å². The van der Waals surface area contributed by atoms with Gasteiger partial charge in [0.25, 0.3) is 0 Å². The number of rotatable bonds is 8. The lowest BCUT2D eigenvalue weighted by molar-refractivity contribution is 0.288. The van der Waals surface area contributed by atoms with Crippen LogP contribution >= 0.6 is 0 Å². The van der Waals surface area contributed by atoms with Gasteiger partial charge in [0.05, 0.1) is 12.6 Å². The van der Waals surface area contributed by atoms with Crippen molar-refractivity contribution in [2.45, 2.75) is 45.2 Å². The second-order valence-corrected chi connectivity index (χ2v) is 8.34. The van der Waals surface area contributed by atoms with Gasteiger partial charge in [-0.1, -0.05) is 12.1 Å². The summed E-state index contributed by atoms with van der Waals surface area (Å²) in [6, 6.07) is 13.0. The summed E-state index contributed by atoms with van der Waals surface area (Å²) >= 11 is 0. The lowest BCUT2D eigenvalue weighted by Crippen LogP contribution is -2.38. The molecule has 30 heavy (non-hydrogen) atoms. The molecular weight excluding hydrogens is 374 g/mol. The predicted octanol–water partition coefficient (Wildman–Crippen LogP) is 3.90. The Morgan fingerprint density at radius 2 is 2.07 bits per heavy atom. The van der Waals surface area contributed by atoms with E-state index < -0.39 is 0 Å². The number of hydrogen-bond donors (Lipinski definition) is 2. The SMILES string of the molecule is CN=C(NCc1ccnc(OCC2CC2)c1)NC(C)c1cccc(N2CCCC2)c1. The second kappa shape index (κ2) is 9.83. The molecule has 1 unspecified atom stereocenters. The van der Waals surface area contributed by atoms with E-state index in [1.165, 1.54) is 36.9 Å². The predicted molar refractivity (Wildman–Crippen MR) is 122 cm³/mol. The zero-order valence-corrected chi connectivity index (χ0v) is 18.1. The molecule has 1 aliphatic carbocycles. The summed E-state index contributed by atoms with van der Waals surface area (Å²) in [5.41, 5.74) is 3.71. The highest BCUT2D eigenvalue weighted by molar-refractivity contribution is 5.80. The molecule has 2 N–H and O–H groups in total. The number of nitrogens with zero attached hydrogens (tertiary/aromatic N) is 3. The summed E-state index contributed by atoms with van der Waals surface area (Å²) < 4.78 is 5.79. The molecule has 4 rings (SSSR count). The maximum atomic E-state index is 5.79. The summed E-state index contributed by atoms with van der Waals surface area (Å²) in [5.74, 6) is 2.21. The Kier molecular flexibility index (Phi) is 6.72. The zero-order valence-electron chi connectivity index (χ0n) is 18.1. The molecule has 1 aromatic carbocycles. The Morgan fingerprint density at radius 1 is 1.23 bits per heavy atom. The quantitative estimate of drug-likeness (QED) is 0.513. The van der Waals surface area contributed by atoms with Crippen LogP contribution in [-0.2, 0) is 6.54 Å². The van der Waals surface area contributed by atoms with E-state index in [0.717, 1.165) is 37.1 Å². The Balaban J connectivity index is 1.31. The molecule has 2 aromatic rings. The lowest BCUT2D eigenvalue weighted by Gasteiger charge is -2.22. The number of benzene rings is 1. The van der Waals surface area contributed by atoms with Crippen molar-refractivity contribution in [2.24, 2.45) is 10.9 Å². The molecule has 1 aliphatic heterocycles. The first-order chi connectivity index (χ1) is 14.7. The minimum absolute atomic E-state index is 0.161. The maximum Gasteiger partial charge on any atom is 0.213 e. The Labute approximate surface area is 179 Å². The second-order valence-electron chi connectivity index (χ2n) is 8.34. The van der Waals surface area contributed by atoms with E-state index in [2.05, 4.69) is 56.7 Å². The molecule has 2 aliphatic rings. The summed E-state index contributed by atoms with van der Waals surface area (Å²) in [7, 11) is 1.80. The van der Waals surface area contributed by atoms with Crippen molar-refractivity contribution in [3.8, 4) is 5.88 Å². The van der Waals surface area contributed by atoms with Crippen LogP contribution in [-0.4, -0.2) is 37.7 Å². The van der Waals surface area contributed by atoms with E-state index in [4.69, 9.17) is 4.74 Å². The Bertz CT molecular complexity index is 858. The van der Waals surface area contributed by atoms with Crippen molar-refractivity contribution in [3.05, 3.63) is 53.7 Å². The van der Waals surface area contributed by atoms with Crippen LogP contribution in [0.25, 0.3) is 0 Å². The molecule has 2 fully saturated rings. The molecule has 1 aromatic heterocycles. The van der Waals surface area contributed by atoms with Crippen LogP contribution in [0.1, 0.15) is 49.8 Å². The number of nitrogens with one attached hydrogen (secondary N) is 2. The van der Waals surface area contributed by atoms with Gasteiger partial charge in [0.15, 0.2) is 5.96 Å². The average molecular weight is 408 g/mol. The fraction of sp³-hybridized carbons (Fsp3) is 0.500. The third-order valence-electron chi connectivity index (χ3n) is 5.84. The van der Waals surface area contributed by atoms with Gasteiger partial charge < -0.3 is 20.3 Å². The van der Waals surface area contributed by atoms with Crippen LogP contribution in [0.5, 0.6) is 5.88 Å². The smallest absolute Gasteiger partial charge is 0.213 e. The molecule has 2 heterocycles. The monoisotopic (exact) mass is 407 g/mol. The number of guanidine groups is 1. The highest BCUT2D eigenvalue weighted by atomic mass is 16.5. The summed E-state index contributed by atoms with van der Waals surface area (Å²) in [6.07, 6.45) is 6.94. The molecule has 0 bridgehead atoms. The number of ether oxygens (including phenoxy) is 1. The molecule has 1 saturated heterocycles. The average Bonchev–Trinajstić information content (AvgIpc) is 3.45. The van der Waals surface area contributed by atoms with Crippen molar-refractivity contribution < 1.29 is 4.74 Å². The topological polar surface area (TPSA) is 61.8 Å². The number of aliphatic imine (C=N–C) groups is 1. The van der Waals surface area contributed by atoms with Crippen LogP contribution in [0.4, 0.5) is 5.69 Å². The standard InChI is InChI=1S/C24H33N5O/c1-18(21-6-5-7-22(15-21)29-12-3-4-13-29)28-24(25-2)27-16-20-10-11-26-23(14-20)30-17-19-8-9-19/h5-7,10-11,14-15,18-19H,3-4,8-9,12-13,16-17H2,1-2H3,(H2,25,27,28). The first-order valence-electron chi connectivity index (χ1n) is 11.1. The van der Waals surface area contributed by atoms with Gasteiger partial charge >= 0.3 is 0 Å². The molecule has 1 atom stereocenters. The van der Waals surface area contributed by atoms with E-state index >= 15 is 0 Å². The van der Waals surface area contributed by atoms with E-state index in [0.29, 0.717) is 12.4 Å². The van der Waals surface area contributed by atoms with Gasteiger partial charge in [-0.15, -0.1) is 0 Å². The van der Waals surface area contributed by atoms with Crippen LogP contribution in [0.15, 0.2) is 47.6 Å². The van der Waals surface area contributed by atoms with Crippen molar-refractivity contribution in [1.82, 2.24) is 15.6 Å². The summed E-state index contributed by atoms with van der Waals surface area (Å²) in [5, 5.41) is 6.91. The number of anilines is 1. The molecule has 0 spiro atoms. The fourth-order valence-electron chi connectivity index (χ4n) is 3.76. The minimum Gasteiger partial charge on any atom is -0.477 e. The van der Waals surface area contributed by atoms with Gasteiger partial charge in [0.1, 0.15) is 0 Å². The molecule has 1 saturated carbocycles. The van der Waals surface area contributed by atoms with E-state index in [1.807, 2.05) is 18.3 Å². The van der Waals surface area contributed by atoms with Crippen LogP contribution in [0.3, 0.4) is 0 Å². The van der Waals surface area contributed by atoms with Gasteiger partial charge in [-0.2, -0.15) is 0 Å². The van der Waals surface area contributed by atoms with E-state index in [9.17, 15) is 0 Å². The Hall–Kier alpha value is -2.76. The molecular formula is C24H33N5O. The van der Waals surface area contributed by atoms with Gasteiger partial charge in [0.2, 0.25) is 5.88 Å². The normalized spacial score (nSPS) is 17.7. The molecule has 0 amide bonds. The van der Waals surface area contributed by atoms with Crippen molar-refractivity contribution in [3.63, 3.8) is 0 Å². The molecule has 6 heteroatoms. The van der Waals surface area contributed by atoms with Crippen molar-refractivity contribution >= 4 is 11.6 Å². The van der Waals surface area contributed by atoms with E-state index in [-0.39, 0.29) is 6.04 Å². The lowest BCUT2D eigenvalue weighted by atomic mass is 10.1. The van der Waals surface area contributed by atoms with Crippen LogP contribution in [0, 0.1) is 5.92 Å².